The predicted octanol–water partition coefficient (Wildman–Crippen LogP) is 3.03. The van der Waals surface area contributed by atoms with Gasteiger partial charge in [0.2, 0.25) is 0 Å². The maximum atomic E-state index is 12.3. The van der Waals surface area contributed by atoms with Gasteiger partial charge in [0.15, 0.2) is 0 Å². The molecule has 7 heteroatoms. The molecule has 0 radical (unpaired) electrons. The van der Waals surface area contributed by atoms with E-state index < -0.39 is 17.9 Å². The maximum absolute atomic E-state index is 12.3. The summed E-state index contributed by atoms with van der Waals surface area (Å²) in [6, 6.07) is 24.9. The lowest BCUT2D eigenvalue weighted by atomic mass is 9.89. The Hall–Kier alpha value is -3.96. The van der Waals surface area contributed by atoms with Crippen molar-refractivity contribution in [2.24, 2.45) is 5.73 Å². The van der Waals surface area contributed by atoms with Crippen molar-refractivity contribution >= 4 is 11.8 Å². The summed E-state index contributed by atoms with van der Waals surface area (Å²) < 4.78 is 0. The van der Waals surface area contributed by atoms with Crippen molar-refractivity contribution in [3.63, 3.8) is 0 Å². The Labute approximate surface area is 217 Å². The zero-order valence-electron chi connectivity index (χ0n) is 20.7. The molecule has 3 aromatic rings. The first-order chi connectivity index (χ1) is 18.1. The second-order valence-electron chi connectivity index (χ2n) is 9.22. The third kappa shape index (κ3) is 7.28. The highest BCUT2D eigenvalue weighted by Gasteiger charge is 2.21. The number of rotatable bonds is 7. The van der Waals surface area contributed by atoms with Crippen LogP contribution < -0.4 is 16.5 Å². The molecule has 0 aromatic heterocycles. The Morgan fingerprint density at radius 3 is 2.08 bits per heavy atom. The molecule has 1 fully saturated rings. The summed E-state index contributed by atoms with van der Waals surface area (Å²) >= 11 is 0. The molecule has 7 nitrogen and oxygen atoms in total. The van der Waals surface area contributed by atoms with Crippen molar-refractivity contribution in [1.82, 2.24) is 15.7 Å². The number of amides is 2. The topological polar surface area (TPSA) is 108 Å². The highest BCUT2D eigenvalue weighted by Crippen LogP contribution is 2.28. The second-order valence-corrected chi connectivity index (χ2v) is 9.22. The normalized spacial score (nSPS) is 14.8. The highest BCUT2D eigenvalue weighted by molar-refractivity contribution is 5.97. The van der Waals surface area contributed by atoms with Gasteiger partial charge in [-0.25, -0.2) is 5.48 Å². The lowest BCUT2D eigenvalue weighted by molar-refractivity contribution is -0.130. The van der Waals surface area contributed by atoms with Crippen LogP contribution in [0, 0.1) is 11.8 Å². The molecule has 1 atom stereocenters. The molecule has 0 spiro atoms. The smallest absolute Gasteiger partial charge is 0.267 e. The highest BCUT2D eigenvalue weighted by atomic mass is 16.5. The first-order valence-electron chi connectivity index (χ1n) is 12.5. The molecule has 3 aromatic carbocycles. The van der Waals surface area contributed by atoms with Gasteiger partial charge in [-0.05, 0) is 79.4 Å². The van der Waals surface area contributed by atoms with E-state index in [0.717, 1.165) is 30.8 Å². The summed E-state index contributed by atoms with van der Waals surface area (Å²) in [7, 11) is 0. The summed E-state index contributed by atoms with van der Waals surface area (Å²) in [5.74, 6) is 5.72. The second kappa shape index (κ2) is 12.8. The maximum Gasteiger partial charge on any atom is 0.267 e. The minimum absolute atomic E-state index is 0.132. The first kappa shape index (κ1) is 26.1. The molecule has 0 bridgehead atoms. The number of piperidine rings is 1. The third-order valence-electron chi connectivity index (χ3n) is 6.68. The number of hydroxylamine groups is 1. The van der Waals surface area contributed by atoms with Crippen molar-refractivity contribution in [3.05, 3.63) is 107 Å². The molecule has 1 heterocycles. The minimum atomic E-state index is -1.01. The zero-order valence-corrected chi connectivity index (χ0v) is 20.7. The summed E-state index contributed by atoms with van der Waals surface area (Å²) in [5, 5.41) is 11.2. The van der Waals surface area contributed by atoms with Gasteiger partial charge >= 0.3 is 0 Å². The number of nitrogens with one attached hydrogen (secondary N) is 2. The van der Waals surface area contributed by atoms with Crippen molar-refractivity contribution in [1.29, 1.82) is 0 Å². The number of likely N-dealkylation sites (tertiary alicyclic amines) is 1. The molecule has 4 rings (SSSR count). The van der Waals surface area contributed by atoms with Crippen LogP contribution in [0.25, 0.3) is 0 Å². The molecule has 2 amide bonds. The van der Waals surface area contributed by atoms with Gasteiger partial charge in [-0.1, -0.05) is 54.3 Å². The van der Waals surface area contributed by atoms with Gasteiger partial charge in [-0.15, -0.1) is 0 Å². The van der Waals surface area contributed by atoms with Crippen LogP contribution in [0.2, 0.25) is 0 Å². The molecular formula is C30H32N4O3. The van der Waals surface area contributed by atoms with Crippen molar-refractivity contribution < 1.29 is 14.8 Å². The van der Waals surface area contributed by atoms with E-state index in [1.807, 2.05) is 12.1 Å². The minimum Gasteiger partial charge on any atom is -0.339 e. The molecule has 0 saturated carbocycles. The van der Waals surface area contributed by atoms with Gasteiger partial charge in [0.05, 0.1) is 0 Å². The summed E-state index contributed by atoms with van der Waals surface area (Å²) in [6.45, 7) is 3.03. The van der Waals surface area contributed by atoms with E-state index in [9.17, 15) is 9.59 Å². The van der Waals surface area contributed by atoms with E-state index in [1.165, 1.54) is 29.4 Å². The Morgan fingerprint density at radius 1 is 0.919 bits per heavy atom. The van der Waals surface area contributed by atoms with Crippen LogP contribution >= 0.6 is 0 Å². The van der Waals surface area contributed by atoms with Gasteiger partial charge in [-0.3, -0.25) is 19.7 Å². The van der Waals surface area contributed by atoms with Crippen molar-refractivity contribution in [3.8, 4) is 11.8 Å². The number of hydrogen-bond acceptors (Lipinski definition) is 5. The van der Waals surface area contributed by atoms with E-state index in [4.69, 9.17) is 10.9 Å². The quantitative estimate of drug-likeness (QED) is 0.229. The first-order valence-corrected chi connectivity index (χ1v) is 12.5. The Bertz CT molecular complexity index is 1240. The van der Waals surface area contributed by atoms with Gasteiger partial charge in [0.1, 0.15) is 6.04 Å². The standard InChI is InChI=1S/C30H32N4O3/c31-20-28(30(36)33-37)32-29(35)27-14-12-23(13-15-27)7-6-22-8-10-24(11-9-22)21-34-18-16-26(17-19-34)25-4-2-1-3-5-25/h1-5,8-15,26,28,37H,16-21,31H2,(H,32,35)(H,33,36)/t28-/m0/s1. The fourth-order valence-electron chi connectivity index (χ4n) is 4.50. The van der Waals surface area contributed by atoms with Crippen LogP contribution in [0.4, 0.5) is 0 Å². The van der Waals surface area contributed by atoms with Gasteiger partial charge in [-0.2, -0.15) is 0 Å². The van der Waals surface area contributed by atoms with Gasteiger partial charge in [0.25, 0.3) is 11.8 Å². The fraction of sp³-hybridized carbons (Fsp3) is 0.267. The number of carbonyl (C=O) groups is 2. The van der Waals surface area contributed by atoms with E-state index in [2.05, 4.69) is 64.5 Å². The summed E-state index contributed by atoms with van der Waals surface area (Å²) in [4.78, 5) is 26.3. The van der Waals surface area contributed by atoms with Crippen molar-refractivity contribution in [2.75, 3.05) is 19.6 Å². The number of carbonyl (C=O) groups excluding carboxylic acids is 2. The molecule has 0 aliphatic carbocycles. The molecule has 1 aliphatic heterocycles. The third-order valence-corrected chi connectivity index (χ3v) is 6.68. The average molecular weight is 497 g/mol. The van der Waals surface area contributed by atoms with Crippen LogP contribution in [0.1, 0.15) is 51.4 Å². The Kier molecular flexibility index (Phi) is 9.06. The van der Waals surface area contributed by atoms with E-state index in [0.29, 0.717) is 11.5 Å². The lowest BCUT2D eigenvalue weighted by Gasteiger charge is -2.32. The summed E-state index contributed by atoms with van der Waals surface area (Å²) in [6.07, 6.45) is 2.39. The Balaban J connectivity index is 1.28. The molecular weight excluding hydrogens is 464 g/mol. The van der Waals surface area contributed by atoms with Crippen LogP contribution in [0.5, 0.6) is 0 Å². The zero-order chi connectivity index (χ0) is 26.0. The fourth-order valence-corrected chi connectivity index (χ4v) is 4.50. The van der Waals surface area contributed by atoms with E-state index in [-0.39, 0.29) is 6.54 Å². The van der Waals surface area contributed by atoms with Crippen molar-refractivity contribution in [2.45, 2.75) is 31.3 Å². The number of nitrogens with two attached hydrogens (primary N) is 1. The van der Waals surface area contributed by atoms with E-state index in [1.54, 1.807) is 24.3 Å². The predicted molar refractivity (Wildman–Crippen MR) is 143 cm³/mol. The average Bonchev–Trinajstić information content (AvgIpc) is 2.96. The molecule has 37 heavy (non-hydrogen) atoms. The van der Waals surface area contributed by atoms with Crippen LogP contribution in [0.15, 0.2) is 78.9 Å². The Morgan fingerprint density at radius 2 is 1.51 bits per heavy atom. The summed E-state index contributed by atoms with van der Waals surface area (Å²) in [5.41, 5.74) is 11.8. The number of nitrogens with zero attached hydrogens (tertiary/aromatic N) is 1. The monoisotopic (exact) mass is 496 g/mol. The van der Waals surface area contributed by atoms with E-state index >= 15 is 0 Å². The lowest BCUT2D eigenvalue weighted by Crippen LogP contribution is -2.50. The molecule has 1 aliphatic rings. The number of benzene rings is 3. The van der Waals surface area contributed by atoms with Gasteiger partial charge < -0.3 is 11.1 Å². The van der Waals surface area contributed by atoms with Crippen LogP contribution in [-0.4, -0.2) is 47.6 Å². The molecule has 5 N–H and O–H groups in total. The molecule has 190 valence electrons. The van der Waals surface area contributed by atoms with Crippen LogP contribution in [0.3, 0.4) is 0 Å². The number of hydrogen-bond donors (Lipinski definition) is 4. The molecule has 1 saturated heterocycles. The van der Waals surface area contributed by atoms with Crippen LogP contribution in [-0.2, 0) is 11.3 Å². The van der Waals surface area contributed by atoms with Gasteiger partial charge in [0, 0.05) is 29.8 Å². The SMILES string of the molecule is NC[C@H](NC(=O)c1ccc(C#Cc2ccc(CN3CCC(c4ccccc4)CC3)cc2)cc1)C(=O)NO. The largest absolute Gasteiger partial charge is 0.339 e. The molecule has 0 unspecified atom stereocenters.